The summed E-state index contributed by atoms with van der Waals surface area (Å²) in [5, 5.41) is 3.16. The molecule has 0 spiro atoms. The average molecular weight is 276 g/mol. The van der Waals surface area contributed by atoms with Crippen LogP contribution < -0.4 is 11.1 Å². The normalized spacial score (nSPS) is 11.9. The summed E-state index contributed by atoms with van der Waals surface area (Å²) in [4.78, 5) is 16.1. The van der Waals surface area contributed by atoms with E-state index < -0.39 is 0 Å². The number of nitrogens with one attached hydrogen (secondary N) is 1. The minimum Gasteiger partial charge on any atom is -0.329 e. The summed E-state index contributed by atoms with van der Waals surface area (Å²) in [6.07, 6.45) is 1.51. The Morgan fingerprint density at radius 2 is 2.00 bits per heavy atom. The molecule has 0 aliphatic heterocycles. The van der Waals surface area contributed by atoms with Gasteiger partial charge in [-0.1, -0.05) is 41.9 Å². The summed E-state index contributed by atoms with van der Waals surface area (Å²) in [5.74, 6) is -0.533. The molecule has 0 fully saturated rings. The lowest BCUT2D eigenvalue weighted by molar-refractivity contribution is -0.117. The van der Waals surface area contributed by atoms with Gasteiger partial charge in [-0.15, -0.1) is 0 Å². The van der Waals surface area contributed by atoms with Crippen LogP contribution in [0.4, 0.5) is 5.69 Å². The van der Waals surface area contributed by atoms with Gasteiger partial charge in [0.1, 0.15) is 5.15 Å². The minimum atomic E-state index is -0.378. The molecule has 3 N–H and O–H groups in total. The quantitative estimate of drug-likeness (QED) is 0.842. The van der Waals surface area contributed by atoms with Crippen molar-refractivity contribution in [3.05, 3.63) is 59.4 Å². The van der Waals surface area contributed by atoms with Gasteiger partial charge in [0.05, 0.1) is 17.8 Å². The Kier molecular flexibility index (Phi) is 4.49. The number of halogens is 1. The van der Waals surface area contributed by atoms with Gasteiger partial charge in [-0.3, -0.25) is 4.79 Å². The Hall–Kier alpha value is -1.91. The zero-order valence-corrected chi connectivity index (χ0v) is 11.0. The van der Waals surface area contributed by atoms with Gasteiger partial charge in [-0.05, 0) is 17.7 Å². The highest BCUT2D eigenvalue weighted by atomic mass is 35.5. The van der Waals surface area contributed by atoms with E-state index in [4.69, 9.17) is 17.3 Å². The largest absolute Gasteiger partial charge is 0.329 e. The van der Waals surface area contributed by atoms with E-state index in [2.05, 4.69) is 10.3 Å². The first-order valence-corrected chi connectivity index (χ1v) is 6.26. The van der Waals surface area contributed by atoms with Crippen LogP contribution in [-0.4, -0.2) is 17.4 Å². The molecule has 98 valence electrons. The zero-order valence-electron chi connectivity index (χ0n) is 10.2. The molecule has 1 aromatic heterocycles. The molecular formula is C14H14ClN3O. The summed E-state index contributed by atoms with van der Waals surface area (Å²) >= 11 is 5.69. The number of anilines is 1. The van der Waals surface area contributed by atoms with Crippen molar-refractivity contribution in [2.24, 2.45) is 5.73 Å². The Labute approximate surface area is 116 Å². The smallest absolute Gasteiger partial charge is 0.233 e. The maximum absolute atomic E-state index is 12.2. The maximum atomic E-state index is 12.2. The van der Waals surface area contributed by atoms with Gasteiger partial charge in [-0.25, -0.2) is 4.98 Å². The van der Waals surface area contributed by atoms with Crippen LogP contribution >= 0.6 is 11.6 Å². The molecule has 0 saturated carbocycles. The van der Waals surface area contributed by atoms with E-state index in [1.165, 1.54) is 6.20 Å². The van der Waals surface area contributed by atoms with Gasteiger partial charge in [0.2, 0.25) is 5.91 Å². The molecule has 1 aromatic carbocycles. The Bertz CT molecular complexity index is 542. The fourth-order valence-electron chi connectivity index (χ4n) is 1.76. The summed E-state index contributed by atoms with van der Waals surface area (Å²) in [5.41, 5.74) is 7.18. The van der Waals surface area contributed by atoms with Crippen LogP contribution in [0.25, 0.3) is 0 Å². The van der Waals surface area contributed by atoms with Crippen molar-refractivity contribution in [2.45, 2.75) is 5.92 Å². The van der Waals surface area contributed by atoms with Crippen LogP contribution in [0.1, 0.15) is 11.5 Å². The summed E-state index contributed by atoms with van der Waals surface area (Å²) in [6.45, 7) is 0.247. The van der Waals surface area contributed by atoms with Crippen molar-refractivity contribution in [3.8, 4) is 0 Å². The molecule has 4 nitrogen and oxygen atoms in total. The number of carbonyl (C=O) groups excluding carboxylic acids is 1. The maximum Gasteiger partial charge on any atom is 0.233 e. The molecule has 1 heterocycles. The summed E-state index contributed by atoms with van der Waals surface area (Å²) in [7, 11) is 0. The first-order chi connectivity index (χ1) is 9.20. The van der Waals surface area contributed by atoms with Crippen LogP contribution in [0.3, 0.4) is 0 Å². The molecule has 5 heteroatoms. The molecular weight excluding hydrogens is 262 g/mol. The third-order valence-corrected chi connectivity index (χ3v) is 2.97. The molecule has 0 aliphatic rings. The van der Waals surface area contributed by atoms with Gasteiger partial charge in [0.15, 0.2) is 0 Å². The number of aromatic nitrogens is 1. The lowest BCUT2D eigenvalue weighted by Gasteiger charge is -2.15. The SMILES string of the molecule is NCC(C(=O)Nc1ccc(Cl)nc1)c1ccccc1. The number of amides is 1. The van der Waals surface area contributed by atoms with Crippen molar-refractivity contribution >= 4 is 23.2 Å². The number of rotatable bonds is 4. The fraction of sp³-hybridized carbons (Fsp3) is 0.143. The monoisotopic (exact) mass is 275 g/mol. The van der Waals surface area contributed by atoms with Crippen molar-refractivity contribution in [2.75, 3.05) is 11.9 Å². The number of carbonyl (C=O) groups is 1. The van der Waals surface area contributed by atoms with Crippen LogP contribution in [0.5, 0.6) is 0 Å². The molecule has 0 bridgehead atoms. The van der Waals surface area contributed by atoms with E-state index in [1.54, 1.807) is 12.1 Å². The molecule has 0 saturated heterocycles. The number of nitrogens with two attached hydrogens (primary N) is 1. The third kappa shape index (κ3) is 3.53. The van der Waals surface area contributed by atoms with Crippen molar-refractivity contribution < 1.29 is 4.79 Å². The van der Waals surface area contributed by atoms with Crippen LogP contribution in [0.2, 0.25) is 5.15 Å². The van der Waals surface area contributed by atoms with Crippen molar-refractivity contribution in [1.29, 1.82) is 0 Å². The molecule has 2 aromatic rings. The molecule has 0 aliphatic carbocycles. The molecule has 1 amide bonds. The van der Waals surface area contributed by atoms with E-state index in [0.717, 1.165) is 5.56 Å². The first-order valence-electron chi connectivity index (χ1n) is 5.88. The molecule has 19 heavy (non-hydrogen) atoms. The second-order valence-corrected chi connectivity index (χ2v) is 4.45. The molecule has 2 rings (SSSR count). The number of hydrogen-bond acceptors (Lipinski definition) is 3. The van der Waals surface area contributed by atoms with E-state index in [9.17, 15) is 4.79 Å². The van der Waals surface area contributed by atoms with E-state index in [1.807, 2.05) is 30.3 Å². The number of nitrogens with zero attached hydrogens (tertiary/aromatic N) is 1. The Morgan fingerprint density at radius 3 is 2.58 bits per heavy atom. The number of benzene rings is 1. The topological polar surface area (TPSA) is 68.0 Å². The second kappa shape index (κ2) is 6.31. The minimum absolute atomic E-state index is 0.155. The van der Waals surface area contributed by atoms with Crippen LogP contribution in [-0.2, 0) is 4.79 Å². The zero-order chi connectivity index (χ0) is 13.7. The predicted molar refractivity (Wildman–Crippen MR) is 76.1 cm³/mol. The average Bonchev–Trinajstić information content (AvgIpc) is 2.43. The van der Waals surface area contributed by atoms with E-state index >= 15 is 0 Å². The lowest BCUT2D eigenvalue weighted by atomic mass is 9.98. The van der Waals surface area contributed by atoms with E-state index in [0.29, 0.717) is 10.8 Å². The van der Waals surface area contributed by atoms with Crippen molar-refractivity contribution in [3.63, 3.8) is 0 Å². The van der Waals surface area contributed by atoms with E-state index in [-0.39, 0.29) is 18.4 Å². The number of hydrogen-bond donors (Lipinski definition) is 2. The highest BCUT2D eigenvalue weighted by Gasteiger charge is 2.18. The van der Waals surface area contributed by atoms with Gasteiger partial charge in [0, 0.05) is 6.54 Å². The van der Waals surface area contributed by atoms with Gasteiger partial charge >= 0.3 is 0 Å². The molecule has 1 unspecified atom stereocenters. The Balaban J connectivity index is 2.11. The second-order valence-electron chi connectivity index (χ2n) is 4.06. The van der Waals surface area contributed by atoms with Crippen LogP contribution in [0.15, 0.2) is 48.7 Å². The molecule has 0 radical (unpaired) electrons. The standard InChI is InChI=1S/C14H14ClN3O/c15-13-7-6-11(9-17-13)18-14(19)12(8-16)10-4-2-1-3-5-10/h1-7,9,12H,8,16H2,(H,18,19). The summed E-state index contributed by atoms with van der Waals surface area (Å²) < 4.78 is 0. The highest BCUT2D eigenvalue weighted by molar-refractivity contribution is 6.29. The number of pyridine rings is 1. The third-order valence-electron chi connectivity index (χ3n) is 2.75. The summed E-state index contributed by atoms with van der Waals surface area (Å²) in [6, 6.07) is 12.8. The van der Waals surface area contributed by atoms with Gasteiger partial charge in [-0.2, -0.15) is 0 Å². The van der Waals surface area contributed by atoms with Gasteiger partial charge < -0.3 is 11.1 Å². The van der Waals surface area contributed by atoms with Gasteiger partial charge in [0.25, 0.3) is 0 Å². The van der Waals surface area contributed by atoms with Crippen molar-refractivity contribution in [1.82, 2.24) is 4.98 Å². The Morgan fingerprint density at radius 1 is 1.26 bits per heavy atom. The predicted octanol–water partition coefficient (Wildman–Crippen LogP) is 2.42. The lowest BCUT2D eigenvalue weighted by Crippen LogP contribution is -2.27. The van der Waals surface area contributed by atoms with Crippen LogP contribution in [0, 0.1) is 0 Å². The molecule has 1 atom stereocenters. The first kappa shape index (κ1) is 13.5. The highest BCUT2D eigenvalue weighted by Crippen LogP contribution is 2.17. The fourth-order valence-corrected chi connectivity index (χ4v) is 1.87.